The molecule has 35 heavy (non-hydrogen) atoms. The highest BCUT2D eigenvalue weighted by atomic mass is 16.5. The molecule has 1 saturated carbocycles. The summed E-state index contributed by atoms with van der Waals surface area (Å²) in [6.45, 7) is 6.32. The van der Waals surface area contributed by atoms with E-state index in [0.29, 0.717) is 11.6 Å². The van der Waals surface area contributed by atoms with Gasteiger partial charge in [0.05, 0.1) is 23.4 Å². The van der Waals surface area contributed by atoms with Gasteiger partial charge in [-0.25, -0.2) is 4.90 Å². The molecule has 2 aliphatic heterocycles. The molecule has 0 bridgehead atoms. The van der Waals surface area contributed by atoms with Gasteiger partial charge >= 0.3 is 5.97 Å². The summed E-state index contributed by atoms with van der Waals surface area (Å²) in [7, 11) is 0. The summed E-state index contributed by atoms with van der Waals surface area (Å²) < 4.78 is 5.62. The molecule has 3 fully saturated rings. The van der Waals surface area contributed by atoms with Crippen LogP contribution in [0.15, 0.2) is 42.5 Å². The summed E-state index contributed by atoms with van der Waals surface area (Å²) in [4.78, 5) is 54.5. The Kier molecular flexibility index (Phi) is 5.95. The van der Waals surface area contributed by atoms with E-state index in [4.69, 9.17) is 4.74 Å². The highest BCUT2D eigenvalue weighted by Gasteiger charge is 2.50. The lowest BCUT2D eigenvalue weighted by Gasteiger charge is -2.25. The van der Waals surface area contributed by atoms with Gasteiger partial charge in [-0.05, 0) is 62.8 Å². The van der Waals surface area contributed by atoms with Gasteiger partial charge in [0.2, 0.25) is 17.7 Å². The van der Waals surface area contributed by atoms with Crippen molar-refractivity contribution in [3.63, 3.8) is 0 Å². The summed E-state index contributed by atoms with van der Waals surface area (Å²) >= 11 is 0. The van der Waals surface area contributed by atoms with E-state index in [1.807, 2.05) is 32.0 Å². The van der Waals surface area contributed by atoms with Crippen LogP contribution in [0.2, 0.25) is 0 Å². The van der Waals surface area contributed by atoms with Gasteiger partial charge in [0.25, 0.3) is 0 Å². The molecule has 2 aromatic carbocycles. The second kappa shape index (κ2) is 8.95. The van der Waals surface area contributed by atoms with Crippen LogP contribution in [0.1, 0.15) is 43.7 Å². The number of carbonyl (C=O) groups excluding carboxylic acids is 4. The quantitative estimate of drug-likeness (QED) is 0.377. The van der Waals surface area contributed by atoms with Crippen LogP contribution >= 0.6 is 0 Å². The third-order valence-electron chi connectivity index (χ3n) is 7.58. The van der Waals surface area contributed by atoms with E-state index in [1.165, 1.54) is 4.90 Å². The van der Waals surface area contributed by atoms with Crippen LogP contribution in [-0.4, -0.2) is 30.2 Å². The number of rotatable bonds is 4. The first-order chi connectivity index (χ1) is 16.7. The first-order valence-electron chi connectivity index (χ1n) is 12.3. The molecule has 2 saturated heterocycles. The van der Waals surface area contributed by atoms with Gasteiger partial charge in [0.15, 0.2) is 0 Å². The fraction of sp³-hybridized carbons (Fsp3) is 0.429. The molecule has 7 heteroatoms. The van der Waals surface area contributed by atoms with Crippen molar-refractivity contribution in [3.05, 3.63) is 53.6 Å². The van der Waals surface area contributed by atoms with E-state index in [0.717, 1.165) is 36.1 Å². The summed E-state index contributed by atoms with van der Waals surface area (Å²) in [5, 5.41) is 0. The number of ether oxygens (including phenoxy) is 1. The predicted molar refractivity (Wildman–Crippen MR) is 131 cm³/mol. The fourth-order valence-corrected chi connectivity index (χ4v) is 5.74. The van der Waals surface area contributed by atoms with E-state index in [2.05, 4.69) is 6.92 Å². The van der Waals surface area contributed by atoms with Gasteiger partial charge in [0.1, 0.15) is 5.75 Å². The predicted octanol–water partition coefficient (Wildman–Crippen LogP) is 4.19. The molecule has 0 aromatic heterocycles. The van der Waals surface area contributed by atoms with Crippen molar-refractivity contribution in [1.82, 2.24) is 0 Å². The summed E-state index contributed by atoms with van der Waals surface area (Å²) in [6, 6.07) is 12.4. The van der Waals surface area contributed by atoms with Crippen LogP contribution in [0.25, 0.3) is 0 Å². The molecule has 3 aliphatic rings. The molecule has 3 amide bonds. The second-order valence-electron chi connectivity index (χ2n) is 10.3. The molecule has 0 spiro atoms. The minimum absolute atomic E-state index is 0.0798. The fourth-order valence-electron chi connectivity index (χ4n) is 5.74. The largest absolute Gasteiger partial charge is 0.426 e. The summed E-state index contributed by atoms with van der Waals surface area (Å²) in [6.07, 6.45) is 2.49. The van der Waals surface area contributed by atoms with E-state index >= 15 is 0 Å². The Bertz CT molecular complexity index is 1220. The molecule has 182 valence electrons. The number of esters is 1. The maximum atomic E-state index is 13.0. The first kappa shape index (κ1) is 23.3. The Morgan fingerprint density at radius 2 is 1.74 bits per heavy atom. The van der Waals surface area contributed by atoms with Crippen molar-refractivity contribution in [2.75, 3.05) is 16.3 Å². The molecule has 2 aromatic rings. The number of fused-ring (bicyclic) bond motifs is 1. The number of imide groups is 1. The maximum absolute atomic E-state index is 13.0. The minimum Gasteiger partial charge on any atom is -0.426 e. The van der Waals surface area contributed by atoms with Crippen molar-refractivity contribution < 1.29 is 23.9 Å². The average molecular weight is 475 g/mol. The Hall–Kier alpha value is -3.48. The lowest BCUT2D eigenvalue weighted by molar-refractivity contribution is -0.139. The molecular weight excluding hydrogens is 444 g/mol. The van der Waals surface area contributed by atoms with Crippen molar-refractivity contribution in [1.29, 1.82) is 0 Å². The smallest absolute Gasteiger partial charge is 0.316 e. The molecule has 0 N–H and O–H groups in total. The minimum atomic E-state index is -0.591. The zero-order valence-corrected chi connectivity index (χ0v) is 20.3. The monoisotopic (exact) mass is 474 g/mol. The van der Waals surface area contributed by atoms with E-state index in [-0.39, 0.29) is 48.3 Å². The van der Waals surface area contributed by atoms with E-state index in [1.54, 1.807) is 29.2 Å². The Balaban J connectivity index is 1.29. The molecule has 0 unspecified atom stereocenters. The molecular formula is C28H30N2O5. The number of carbonyl (C=O) groups is 4. The zero-order chi connectivity index (χ0) is 24.9. The molecule has 4 atom stereocenters. The Morgan fingerprint density at radius 3 is 2.51 bits per heavy atom. The molecule has 2 heterocycles. The van der Waals surface area contributed by atoms with Crippen LogP contribution in [-0.2, 0) is 19.2 Å². The standard InChI is InChI=1S/C28H30N2O5/c1-16-8-10-24(18(3)11-16)29-15-19(13-25(29)31)28(34)35-21-6-4-5-20(14-21)30-26(32)22-9-7-17(2)12-23(22)27(30)33/h4-6,8,10-11,14,17,19,22-23H,7,9,12-13,15H2,1-3H3/t17-,19-,22-,23-/m1/s1. The van der Waals surface area contributed by atoms with Gasteiger partial charge in [-0.2, -0.15) is 0 Å². The topological polar surface area (TPSA) is 84.0 Å². The number of amides is 3. The SMILES string of the molecule is Cc1ccc(N2C[C@H](C(=O)Oc3cccc(N4C(=O)[C@@H]5CC[C@@H](C)C[C@H]5C4=O)c3)CC2=O)c(C)c1. The van der Waals surface area contributed by atoms with Crippen molar-refractivity contribution in [2.24, 2.45) is 23.7 Å². The van der Waals surface area contributed by atoms with Crippen molar-refractivity contribution >= 4 is 35.1 Å². The second-order valence-corrected chi connectivity index (χ2v) is 10.3. The molecule has 7 nitrogen and oxygen atoms in total. The number of hydrogen-bond acceptors (Lipinski definition) is 5. The van der Waals surface area contributed by atoms with Crippen molar-refractivity contribution in [3.8, 4) is 5.75 Å². The number of hydrogen-bond donors (Lipinski definition) is 0. The first-order valence-corrected chi connectivity index (χ1v) is 12.3. The lowest BCUT2D eigenvalue weighted by atomic mass is 9.76. The summed E-state index contributed by atoms with van der Waals surface area (Å²) in [5.41, 5.74) is 3.32. The van der Waals surface area contributed by atoms with Gasteiger partial charge in [-0.3, -0.25) is 19.2 Å². The zero-order valence-electron chi connectivity index (χ0n) is 20.3. The van der Waals surface area contributed by atoms with Gasteiger partial charge in [0, 0.05) is 24.7 Å². The normalized spacial score (nSPS) is 26.3. The third kappa shape index (κ3) is 4.24. The van der Waals surface area contributed by atoms with Crippen LogP contribution in [0.4, 0.5) is 11.4 Å². The van der Waals surface area contributed by atoms with Crippen LogP contribution in [0, 0.1) is 37.5 Å². The number of benzene rings is 2. The van der Waals surface area contributed by atoms with Gasteiger partial charge < -0.3 is 9.64 Å². The van der Waals surface area contributed by atoms with Gasteiger partial charge in [-0.15, -0.1) is 0 Å². The lowest BCUT2D eigenvalue weighted by Crippen LogP contribution is -2.31. The summed E-state index contributed by atoms with van der Waals surface area (Å²) in [5.74, 6) is -1.37. The highest BCUT2D eigenvalue weighted by Crippen LogP contribution is 2.42. The Morgan fingerprint density at radius 1 is 0.971 bits per heavy atom. The van der Waals surface area contributed by atoms with Crippen molar-refractivity contribution in [2.45, 2.75) is 46.5 Å². The average Bonchev–Trinajstić information content (AvgIpc) is 3.31. The molecule has 0 radical (unpaired) electrons. The van der Waals surface area contributed by atoms with Crippen LogP contribution in [0.5, 0.6) is 5.75 Å². The number of anilines is 2. The maximum Gasteiger partial charge on any atom is 0.316 e. The molecule has 1 aliphatic carbocycles. The van der Waals surface area contributed by atoms with Crippen LogP contribution in [0.3, 0.4) is 0 Å². The van der Waals surface area contributed by atoms with Gasteiger partial charge in [-0.1, -0.05) is 30.7 Å². The number of aryl methyl sites for hydroxylation is 2. The number of nitrogens with zero attached hydrogens (tertiary/aromatic N) is 2. The third-order valence-corrected chi connectivity index (χ3v) is 7.58. The Labute approximate surface area is 205 Å². The van der Waals surface area contributed by atoms with E-state index in [9.17, 15) is 19.2 Å². The van der Waals surface area contributed by atoms with E-state index < -0.39 is 11.9 Å². The highest BCUT2D eigenvalue weighted by molar-refractivity contribution is 6.22. The molecule has 5 rings (SSSR count). The van der Waals surface area contributed by atoms with Crippen LogP contribution < -0.4 is 14.5 Å².